The first kappa shape index (κ1) is 11.7. The quantitative estimate of drug-likeness (QED) is 0.486. The van der Waals surface area contributed by atoms with Gasteiger partial charge in [-0.1, -0.05) is 0 Å². The molecule has 0 aromatic rings. The molecular formula is C8H9NO5S. The second kappa shape index (κ2) is 4.92. The molecular weight excluding hydrogens is 222 g/mol. The standard InChI is InChI=1S/C8H9NO5S/c1-5(10)14-15-8(13)4-9-6(11)2-3-7(9)12/h2-4H2,1H3. The van der Waals surface area contributed by atoms with E-state index in [0.717, 1.165) is 11.8 Å². The highest BCUT2D eigenvalue weighted by molar-refractivity contribution is 8.09. The third-order valence-corrected chi connectivity index (χ3v) is 2.33. The Hall–Kier alpha value is -1.37. The molecule has 0 N–H and O–H groups in total. The Morgan fingerprint density at radius 3 is 2.33 bits per heavy atom. The van der Waals surface area contributed by atoms with Crippen molar-refractivity contribution in [3.05, 3.63) is 0 Å². The molecule has 1 heterocycles. The summed E-state index contributed by atoms with van der Waals surface area (Å²) < 4.78 is 4.36. The molecule has 0 unspecified atom stereocenters. The van der Waals surface area contributed by atoms with Gasteiger partial charge in [0.15, 0.2) is 0 Å². The van der Waals surface area contributed by atoms with Crippen molar-refractivity contribution in [3.8, 4) is 0 Å². The average molecular weight is 231 g/mol. The van der Waals surface area contributed by atoms with Crippen molar-refractivity contribution < 1.29 is 23.4 Å². The van der Waals surface area contributed by atoms with Gasteiger partial charge in [-0.3, -0.25) is 24.1 Å². The highest BCUT2D eigenvalue weighted by Gasteiger charge is 2.30. The van der Waals surface area contributed by atoms with Gasteiger partial charge in [-0.05, 0) is 0 Å². The summed E-state index contributed by atoms with van der Waals surface area (Å²) in [5.41, 5.74) is 0. The fourth-order valence-corrected chi connectivity index (χ4v) is 1.45. The van der Waals surface area contributed by atoms with Crippen LogP contribution >= 0.6 is 12.0 Å². The van der Waals surface area contributed by atoms with Crippen LogP contribution in [0.3, 0.4) is 0 Å². The summed E-state index contributed by atoms with van der Waals surface area (Å²) in [6, 6.07) is 0. The summed E-state index contributed by atoms with van der Waals surface area (Å²) in [6.45, 7) is 0.821. The minimum Gasteiger partial charge on any atom is -0.383 e. The number of likely N-dealkylation sites (tertiary alicyclic amines) is 1. The van der Waals surface area contributed by atoms with Crippen LogP contribution in [0.2, 0.25) is 0 Å². The van der Waals surface area contributed by atoms with Crippen molar-refractivity contribution in [2.75, 3.05) is 6.54 Å². The molecule has 2 amide bonds. The molecule has 0 bridgehead atoms. The number of amides is 2. The predicted octanol–water partition coefficient (Wildman–Crippen LogP) is -0.127. The molecule has 0 radical (unpaired) electrons. The Bertz CT molecular complexity index is 311. The van der Waals surface area contributed by atoms with E-state index in [4.69, 9.17) is 0 Å². The van der Waals surface area contributed by atoms with Gasteiger partial charge in [0.25, 0.3) is 0 Å². The molecule has 1 saturated heterocycles. The molecule has 7 heteroatoms. The zero-order valence-electron chi connectivity index (χ0n) is 8.02. The summed E-state index contributed by atoms with van der Waals surface area (Å²) in [4.78, 5) is 44.6. The van der Waals surface area contributed by atoms with Crippen LogP contribution in [0.25, 0.3) is 0 Å². The van der Waals surface area contributed by atoms with E-state index in [-0.39, 0.29) is 31.2 Å². The van der Waals surface area contributed by atoms with Crippen molar-refractivity contribution in [2.24, 2.45) is 0 Å². The second-order valence-corrected chi connectivity index (χ2v) is 3.69. The van der Waals surface area contributed by atoms with E-state index in [2.05, 4.69) is 4.18 Å². The van der Waals surface area contributed by atoms with Crippen LogP contribution in [-0.2, 0) is 23.4 Å². The van der Waals surface area contributed by atoms with E-state index in [1.54, 1.807) is 0 Å². The molecule has 15 heavy (non-hydrogen) atoms. The molecule has 1 aliphatic rings. The van der Waals surface area contributed by atoms with E-state index >= 15 is 0 Å². The van der Waals surface area contributed by atoms with Crippen LogP contribution in [-0.4, -0.2) is 34.3 Å². The topological polar surface area (TPSA) is 80.8 Å². The highest BCUT2D eigenvalue weighted by atomic mass is 32.2. The zero-order valence-corrected chi connectivity index (χ0v) is 8.83. The van der Waals surface area contributed by atoms with Gasteiger partial charge in [0.1, 0.15) is 18.6 Å². The number of hydrogen-bond acceptors (Lipinski definition) is 6. The van der Waals surface area contributed by atoms with E-state index in [0.29, 0.717) is 12.0 Å². The van der Waals surface area contributed by atoms with Crippen LogP contribution in [0, 0.1) is 0 Å². The number of nitrogens with zero attached hydrogens (tertiary/aromatic N) is 1. The Balaban J connectivity index is 2.40. The van der Waals surface area contributed by atoms with Crippen LogP contribution in [0.1, 0.15) is 19.8 Å². The predicted molar refractivity (Wildman–Crippen MR) is 50.3 cm³/mol. The minimum absolute atomic E-state index is 0.143. The maximum Gasteiger partial charge on any atom is 0.315 e. The number of rotatable bonds is 2. The fourth-order valence-electron chi connectivity index (χ4n) is 1.06. The van der Waals surface area contributed by atoms with Crippen LogP contribution in [0.5, 0.6) is 0 Å². The number of carbonyl (C=O) groups is 4. The van der Waals surface area contributed by atoms with E-state index in [1.165, 1.54) is 0 Å². The lowest BCUT2D eigenvalue weighted by molar-refractivity contribution is -0.140. The number of hydrogen-bond donors (Lipinski definition) is 0. The maximum atomic E-state index is 11.1. The third-order valence-electron chi connectivity index (χ3n) is 1.69. The lowest BCUT2D eigenvalue weighted by atomic mass is 10.4. The largest absolute Gasteiger partial charge is 0.383 e. The fraction of sp³-hybridized carbons (Fsp3) is 0.500. The van der Waals surface area contributed by atoms with Crippen LogP contribution in [0.15, 0.2) is 0 Å². The van der Waals surface area contributed by atoms with Crippen molar-refractivity contribution in [3.63, 3.8) is 0 Å². The highest BCUT2D eigenvalue weighted by Crippen LogP contribution is 2.14. The Morgan fingerprint density at radius 1 is 1.33 bits per heavy atom. The van der Waals surface area contributed by atoms with Crippen LogP contribution < -0.4 is 0 Å². The third kappa shape index (κ3) is 3.35. The maximum absolute atomic E-state index is 11.1. The summed E-state index contributed by atoms with van der Waals surface area (Å²) in [5, 5.41) is -0.547. The smallest absolute Gasteiger partial charge is 0.315 e. The SMILES string of the molecule is CC(=O)OSC(=O)CN1C(=O)CCC1=O. The normalized spacial score (nSPS) is 15.7. The molecule has 82 valence electrons. The van der Waals surface area contributed by atoms with Gasteiger partial charge < -0.3 is 4.18 Å². The summed E-state index contributed by atoms with van der Waals surface area (Å²) in [5.74, 6) is -1.33. The van der Waals surface area contributed by atoms with E-state index in [9.17, 15) is 19.2 Å². The summed E-state index contributed by atoms with van der Waals surface area (Å²) >= 11 is 0.341. The van der Waals surface area contributed by atoms with Gasteiger partial charge in [-0.15, -0.1) is 0 Å². The molecule has 0 aromatic carbocycles. The van der Waals surface area contributed by atoms with Gasteiger partial charge >= 0.3 is 5.97 Å². The summed E-state index contributed by atoms with van der Waals surface area (Å²) in [7, 11) is 0. The molecule has 1 fully saturated rings. The molecule has 0 saturated carbocycles. The Kier molecular flexibility index (Phi) is 3.84. The summed E-state index contributed by atoms with van der Waals surface area (Å²) in [6.07, 6.45) is 0.286. The lowest BCUT2D eigenvalue weighted by Crippen LogP contribution is -2.33. The second-order valence-electron chi connectivity index (χ2n) is 2.90. The average Bonchev–Trinajstić information content (AvgIpc) is 2.46. The molecule has 0 spiro atoms. The van der Waals surface area contributed by atoms with Crippen LogP contribution in [0.4, 0.5) is 0 Å². The monoisotopic (exact) mass is 231 g/mol. The van der Waals surface area contributed by atoms with Crippen molar-refractivity contribution in [2.45, 2.75) is 19.8 Å². The van der Waals surface area contributed by atoms with E-state index < -0.39 is 11.1 Å². The lowest BCUT2D eigenvalue weighted by Gasteiger charge is -2.10. The van der Waals surface area contributed by atoms with Crippen molar-refractivity contribution in [1.29, 1.82) is 0 Å². The molecule has 0 atom stereocenters. The van der Waals surface area contributed by atoms with Crippen molar-refractivity contribution in [1.82, 2.24) is 4.90 Å². The molecule has 0 aromatic heterocycles. The van der Waals surface area contributed by atoms with Gasteiger partial charge in [0.05, 0.1) is 0 Å². The minimum atomic E-state index is -0.604. The first-order chi connectivity index (χ1) is 7.00. The first-order valence-corrected chi connectivity index (χ1v) is 4.96. The molecule has 6 nitrogen and oxygen atoms in total. The Labute approximate surface area is 90.1 Å². The number of carbonyl (C=O) groups excluding carboxylic acids is 4. The first-order valence-electron chi connectivity index (χ1n) is 4.22. The van der Waals surface area contributed by atoms with Gasteiger partial charge in [-0.2, -0.15) is 0 Å². The van der Waals surface area contributed by atoms with Gasteiger partial charge in [-0.25, -0.2) is 0 Å². The van der Waals surface area contributed by atoms with E-state index in [1.807, 2.05) is 0 Å². The van der Waals surface area contributed by atoms with Crippen molar-refractivity contribution >= 4 is 34.9 Å². The van der Waals surface area contributed by atoms with Gasteiger partial charge in [0.2, 0.25) is 16.9 Å². The zero-order chi connectivity index (χ0) is 11.4. The Morgan fingerprint density at radius 2 is 1.87 bits per heavy atom. The van der Waals surface area contributed by atoms with Gasteiger partial charge in [0, 0.05) is 19.8 Å². The molecule has 1 aliphatic heterocycles. The molecule has 0 aliphatic carbocycles. The molecule has 1 rings (SSSR count). The number of imide groups is 1.